The van der Waals surface area contributed by atoms with E-state index in [0.29, 0.717) is 11.5 Å². The van der Waals surface area contributed by atoms with Gasteiger partial charge in [0, 0.05) is 37.8 Å². The monoisotopic (exact) mass is 155 g/mol. The molecule has 1 rings (SSSR count). The fourth-order valence-corrected chi connectivity index (χ4v) is 1.05. The summed E-state index contributed by atoms with van der Waals surface area (Å²) in [4.78, 5) is 11.1. The Morgan fingerprint density at radius 1 is 1.73 bits per heavy atom. The minimum Gasteiger partial charge on any atom is -0.404 e. The van der Waals surface area contributed by atoms with Crippen LogP contribution in [0.15, 0.2) is 11.8 Å². The van der Waals surface area contributed by atoms with E-state index in [4.69, 9.17) is 5.73 Å². The molecule has 0 aromatic heterocycles. The molecule has 0 radical (unpaired) electrons. The van der Waals surface area contributed by atoms with E-state index in [0.717, 1.165) is 13.1 Å². The van der Waals surface area contributed by atoms with Crippen LogP contribution in [-0.2, 0) is 4.79 Å². The molecule has 4 N–H and O–H groups in total. The van der Waals surface area contributed by atoms with E-state index in [2.05, 4.69) is 10.6 Å². The molecule has 62 valence electrons. The van der Waals surface area contributed by atoms with Gasteiger partial charge in [-0.1, -0.05) is 0 Å². The lowest BCUT2D eigenvalue weighted by molar-refractivity contribution is -0.117. The number of rotatable bonds is 2. The molecule has 1 aliphatic rings. The van der Waals surface area contributed by atoms with Crippen LogP contribution < -0.4 is 16.4 Å². The second kappa shape index (κ2) is 3.39. The molecule has 0 aromatic rings. The van der Waals surface area contributed by atoms with Crippen molar-refractivity contribution in [3.8, 4) is 0 Å². The third kappa shape index (κ3) is 1.51. The van der Waals surface area contributed by atoms with Gasteiger partial charge in [0.05, 0.1) is 0 Å². The zero-order valence-corrected chi connectivity index (χ0v) is 6.55. The van der Waals surface area contributed by atoms with E-state index >= 15 is 0 Å². The fraction of sp³-hybridized carbons (Fsp3) is 0.571. The molecule has 4 heteroatoms. The van der Waals surface area contributed by atoms with Crippen LogP contribution in [-0.4, -0.2) is 26.0 Å². The number of carbonyl (C=O) groups is 1. The Morgan fingerprint density at radius 2 is 2.36 bits per heavy atom. The van der Waals surface area contributed by atoms with E-state index < -0.39 is 0 Å². The molecule has 0 unspecified atom stereocenters. The Bertz CT molecular complexity index is 184. The molecule has 0 aliphatic carbocycles. The van der Waals surface area contributed by atoms with Gasteiger partial charge in [0.15, 0.2) is 0 Å². The maximum atomic E-state index is 11.1. The second-order valence-corrected chi connectivity index (χ2v) is 2.56. The van der Waals surface area contributed by atoms with Crippen molar-refractivity contribution >= 4 is 5.91 Å². The van der Waals surface area contributed by atoms with E-state index in [9.17, 15) is 4.79 Å². The van der Waals surface area contributed by atoms with Crippen molar-refractivity contribution in [1.29, 1.82) is 0 Å². The molecule has 0 atom stereocenters. The van der Waals surface area contributed by atoms with E-state index in [1.165, 1.54) is 6.20 Å². The van der Waals surface area contributed by atoms with Gasteiger partial charge >= 0.3 is 0 Å². The van der Waals surface area contributed by atoms with Crippen molar-refractivity contribution in [2.45, 2.75) is 0 Å². The van der Waals surface area contributed by atoms with Gasteiger partial charge < -0.3 is 16.4 Å². The first-order valence-electron chi connectivity index (χ1n) is 3.64. The minimum atomic E-state index is -0.0704. The quantitative estimate of drug-likeness (QED) is 0.438. The summed E-state index contributed by atoms with van der Waals surface area (Å²) in [7, 11) is 1.61. The van der Waals surface area contributed by atoms with Crippen LogP contribution in [0.4, 0.5) is 0 Å². The van der Waals surface area contributed by atoms with E-state index in [1.807, 2.05) is 0 Å². The number of carbonyl (C=O) groups excluding carboxylic acids is 1. The lowest BCUT2D eigenvalue weighted by atomic mass is 9.93. The molecule has 1 heterocycles. The maximum absolute atomic E-state index is 11.1. The number of hydrogen-bond acceptors (Lipinski definition) is 3. The molecular formula is C7H13N3O. The van der Waals surface area contributed by atoms with Crippen molar-refractivity contribution in [3.05, 3.63) is 11.8 Å². The highest BCUT2D eigenvalue weighted by Crippen LogP contribution is 2.13. The Balaban J connectivity index is 2.56. The van der Waals surface area contributed by atoms with Gasteiger partial charge in [-0.2, -0.15) is 0 Å². The summed E-state index contributed by atoms with van der Waals surface area (Å²) in [6.45, 7) is 1.72. The third-order valence-electron chi connectivity index (χ3n) is 1.89. The molecule has 1 saturated heterocycles. The Labute approximate surface area is 65.8 Å². The Kier molecular flexibility index (Phi) is 2.48. The molecule has 0 saturated carbocycles. The van der Waals surface area contributed by atoms with Crippen LogP contribution in [0.25, 0.3) is 0 Å². The summed E-state index contributed by atoms with van der Waals surface area (Å²) in [5, 5.41) is 5.63. The average Bonchev–Trinajstić information content (AvgIpc) is 1.94. The molecule has 1 amide bonds. The highest BCUT2D eigenvalue weighted by Gasteiger charge is 2.24. The molecule has 4 nitrogen and oxygen atoms in total. The molecular weight excluding hydrogens is 142 g/mol. The third-order valence-corrected chi connectivity index (χ3v) is 1.89. The minimum absolute atomic E-state index is 0.0704. The van der Waals surface area contributed by atoms with Crippen LogP contribution in [0, 0.1) is 5.92 Å². The van der Waals surface area contributed by atoms with Crippen LogP contribution >= 0.6 is 0 Å². The zero-order chi connectivity index (χ0) is 8.27. The van der Waals surface area contributed by atoms with Crippen LogP contribution in [0.3, 0.4) is 0 Å². The van der Waals surface area contributed by atoms with Gasteiger partial charge in [-0.25, -0.2) is 0 Å². The van der Waals surface area contributed by atoms with Crippen molar-refractivity contribution in [2.24, 2.45) is 11.7 Å². The molecule has 1 aliphatic heterocycles. The van der Waals surface area contributed by atoms with Crippen LogP contribution in [0.5, 0.6) is 0 Å². The van der Waals surface area contributed by atoms with Crippen LogP contribution in [0.1, 0.15) is 0 Å². The average molecular weight is 155 g/mol. The van der Waals surface area contributed by atoms with Gasteiger partial charge in [-0.05, 0) is 0 Å². The Morgan fingerprint density at radius 3 is 2.64 bits per heavy atom. The first kappa shape index (κ1) is 8.07. The highest BCUT2D eigenvalue weighted by molar-refractivity contribution is 5.93. The predicted molar refractivity (Wildman–Crippen MR) is 42.7 cm³/mol. The van der Waals surface area contributed by atoms with Gasteiger partial charge in [0.1, 0.15) is 0 Å². The topological polar surface area (TPSA) is 67.2 Å². The summed E-state index contributed by atoms with van der Waals surface area (Å²) >= 11 is 0. The fourth-order valence-electron chi connectivity index (χ4n) is 1.05. The predicted octanol–water partition coefficient (Wildman–Crippen LogP) is -1.21. The zero-order valence-electron chi connectivity index (χ0n) is 6.55. The normalized spacial score (nSPS) is 19.2. The lowest BCUT2D eigenvalue weighted by Gasteiger charge is -2.28. The number of nitrogens with one attached hydrogen (secondary N) is 2. The summed E-state index contributed by atoms with van der Waals surface area (Å²) in [6, 6.07) is 0. The van der Waals surface area contributed by atoms with Gasteiger partial charge in [0.2, 0.25) is 5.91 Å². The summed E-state index contributed by atoms with van der Waals surface area (Å²) < 4.78 is 0. The molecule has 0 aromatic carbocycles. The van der Waals surface area contributed by atoms with Gasteiger partial charge in [-0.15, -0.1) is 0 Å². The Hall–Kier alpha value is -1.03. The molecule has 1 fully saturated rings. The number of hydrogen-bond donors (Lipinski definition) is 3. The number of likely N-dealkylation sites (N-methyl/N-ethyl adjacent to an activating group) is 1. The summed E-state index contributed by atoms with van der Waals surface area (Å²) in [6.07, 6.45) is 1.39. The molecule has 0 spiro atoms. The van der Waals surface area contributed by atoms with Crippen LogP contribution in [0.2, 0.25) is 0 Å². The lowest BCUT2D eigenvalue weighted by Crippen LogP contribution is -2.46. The first-order valence-corrected chi connectivity index (χ1v) is 3.64. The van der Waals surface area contributed by atoms with Crippen molar-refractivity contribution in [2.75, 3.05) is 20.1 Å². The van der Waals surface area contributed by atoms with Crippen molar-refractivity contribution in [1.82, 2.24) is 10.6 Å². The van der Waals surface area contributed by atoms with Crippen molar-refractivity contribution < 1.29 is 4.79 Å². The largest absolute Gasteiger partial charge is 0.404 e. The van der Waals surface area contributed by atoms with Crippen molar-refractivity contribution in [3.63, 3.8) is 0 Å². The number of nitrogens with two attached hydrogens (primary N) is 1. The van der Waals surface area contributed by atoms with E-state index in [1.54, 1.807) is 7.05 Å². The number of amides is 1. The van der Waals surface area contributed by atoms with Gasteiger partial charge in [-0.3, -0.25) is 4.79 Å². The smallest absolute Gasteiger partial charge is 0.248 e. The van der Waals surface area contributed by atoms with Gasteiger partial charge in [0.25, 0.3) is 0 Å². The standard InChI is InChI=1S/C7H13N3O/c1-9-7(11)6(2-8)5-3-10-4-5/h2,5,10H,3-4,8H2,1H3,(H,9,11)/b6-2-. The molecule has 0 bridgehead atoms. The SMILES string of the molecule is CNC(=O)/C(=C\N)C1CNC1. The maximum Gasteiger partial charge on any atom is 0.248 e. The van der Waals surface area contributed by atoms with E-state index in [-0.39, 0.29) is 5.91 Å². The molecule has 11 heavy (non-hydrogen) atoms. The summed E-state index contributed by atoms with van der Waals surface area (Å²) in [5.41, 5.74) is 6.00. The second-order valence-electron chi connectivity index (χ2n) is 2.56. The highest BCUT2D eigenvalue weighted by atomic mass is 16.1. The first-order chi connectivity index (χ1) is 5.29. The summed E-state index contributed by atoms with van der Waals surface area (Å²) in [5.74, 6) is 0.235.